The third-order valence-electron chi connectivity index (χ3n) is 4.75. The fraction of sp³-hybridized carbons (Fsp3) is 0.364. The summed E-state index contributed by atoms with van der Waals surface area (Å²) in [6.45, 7) is 2.68. The van der Waals surface area contributed by atoms with Crippen molar-refractivity contribution in [3.8, 4) is 5.75 Å². The van der Waals surface area contributed by atoms with Crippen LogP contribution in [0.5, 0.6) is 5.75 Å². The van der Waals surface area contributed by atoms with Gasteiger partial charge in [0.25, 0.3) is 5.91 Å². The van der Waals surface area contributed by atoms with Crippen molar-refractivity contribution in [1.29, 1.82) is 0 Å². The summed E-state index contributed by atoms with van der Waals surface area (Å²) >= 11 is 0. The summed E-state index contributed by atoms with van der Waals surface area (Å²) in [6, 6.07) is 7.73. The second-order valence-electron chi connectivity index (χ2n) is 6.91. The van der Waals surface area contributed by atoms with E-state index >= 15 is 0 Å². The highest BCUT2D eigenvalue weighted by Gasteiger charge is 2.10. The quantitative estimate of drug-likeness (QED) is 0.694. The summed E-state index contributed by atoms with van der Waals surface area (Å²) < 4.78 is 5.39. The Labute approximate surface area is 160 Å². The standard InChI is InChI=1S/C22H27N3O2/c1-16-8-9-21(27-2)20(12-16)25-19-13-18(14-23-15-19)22(26)24-11-10-17-6-4-3-5-7-17/h6,8-9,12-15,25H,3-5,7,10-11H2,1-2H3,(H,24,26). The normalized spacial score (nSPS) is 13.6. The summed E-state index contributed by atoms with van der Waals surface area (Å²) in [5.41, 5.74) is 4.73. The number of nitrogens with one attached hydrogen (secondary N) is 2. The lowest BCUT2D eigenvalue weighted by atomic mass is 9.97. The van der Waals surface area contributed by atoms with Gasteiger partial charge in [-0.2, -0.15) is 0 Å². The van der Waals surface area contributed by atoms with Gasteiger partial charge in [0.2, 0.25) is 0 Å². The van der Waals surface area contributed by atoms with Gasteiger partial charge in [0, 0.05) is 12.7 Å². The fourth-order valence-corrected chi connectivity index (χ4v) is 3.28. The minimum atomic E-state index is -0.0984. The van der Waals surface area contributed by atoms with Gasteiger partial charge < -0.3 is 15.4 Å². The Morgan fingerprint density at radius 2 is 2.11 bits per heavy atom. The average molecular weight is 365 g/mol. The number of pyridine rings is 1. The second-order valence-corrected chi connectivity index (χ2v) is 6.91. The molecule has 0 aliphatic heterocycles. The van der Waals surface area contributed by atoms with Crippen molar-refractivity contribution in [3.63, 3.8) is 0 Å². The maximum Gasteiger partial charge on any atom is 0.252 e. The van der Waals surface area contributed by atoms with Gasteiger partial charge in [0.1, 0.15) is 5.75 Å². The van der Waals surface area contributed by atoms with Crippen LogP contribution in [0.4, 0.5) is 11.4 Å². The van der Waals surface area contributed by atoms with Gasteiger partial charge in [-0.1, -0.05) is 17.7 Å². The first-order valence-electron chi connectivity index (χ1n) is 9.48. The van der Waals surface area contributed by atoms with Crippen LogP contribution in [0.2, 0.25) is 0 Å². The third kappa shape index (κ3) is 5.33. The molecule has 0 saturated heterocycles. The lowest BCUT2D eigenvalue weighted by Crippen LogP contribution is -2.25. The number of amides is 1. The van der Waals surface area contributed by atoms with Gasteiger partial charge >= 0.3 is 0 Å². The Morgan fingerprint density at radius 1 is 1.22 bits per heavy atom. The number of allylic oxidation sites excluding steroid dienone is 1. The molecule has 1 aromatic carbocycles. The van der Waals surface area contributed by atoms with Crippen LogP contribution in [0, 0.1) is 6.92 Å². The van der Waals surface area contributed by atoms with E-state index in [1.807, 2.05) is 31.2 Å². The molecular weight excluding hydrogens is 338 g/mol. The van der Waals surface area contributed by atoms with Gasteiger partial charge in [0.15, 0.2) is 0 Å². The number of nitrogens with zero attached hydrogens (tertiary/aromatic N) is 1. The number of anilines is 2. The van der Waals surface area contributed by atoms with Crippen LogP contribution in [0.1, 0.15) is 48.0 Å². The van der Waals surface area contributed by atoms with Crippen LogP contribution >= 0.6 is 0 Å². The van der Waals surface area contributed by atoms with Crippen molar-refractivity contribution >= 4 is 17.3 Å². The average Bonchev–Trinajstić information content (AvgIpc) is 2.69. The number of benzene rings is 1. The lowest BCUT2D eigenvalue weighted by Gasteiger charge is -2.14. The summed E-state index contributed by atoms with van der Waals surface area (Å²) in [7, 11) is 1.64. The third-order valence-corrected chi connectivity index (χ3v) is 4.75. The molecule has 2 aromatic rings. The SMILES string of the molecule is COc1ccc(C)cc1Nc1cncc(C(=O)NCCC2=CCCCC2)c1. The maximum absolute atomic E-state index is 12.4. The summed E-state index contributed by atoms with van der Waals surface area (Å²) in [5, 5.41) is 6.29. The Balaban J connectivity index is 1.62. The van der Waals surface area contributed by atoms with Gasteiger partial charge in [0.05, 0.1) is 30.2 Å². The van der Waals surface area contributed by atoms with Crippen molar-refractivity contribution in [2.75, 3.05) is 19.0 Å². The topological polar surface area (TPSA) is 63.2 Å². The highest BCUT2D eigenvalue weighted by molar-refractivity contribution is 5.94. The molecule has 0 unspecified atom stereocenters. The number of carbonyl (C=O) groups is 1. The largest absolute Gasteiger partial charge is 0.495 e. The molecule has 5 nitrogen and oxygen atoms in total. The highest BCUT2D eigenvalue weighted by Crippen LogP contribution is 2.28. The maximum atomic E-state index is 12.4. The molecule has 1 amide bonds. The molecule has 0 radical (unpaired) electrons. The zero-order valence-corrected chi connectivity index (χ0v) is 16.0. The molecular formula is C22H27N3O2. The van der Waals surface area contributed by atoms with E-state index in [0.29, 0.717) is 12.1 Å². The molecule has 1 aliphatic rings. The summed E-state index contributed by atoms with van der Waals surface area (Å²) in [4.78, 5) is 16.6. The van der Waals surface area contributed by atoms with E-state index < -0.39 is 0 Å². The van der Waals surface area contributed by atoms with Crippen LogP contribution < -0.4 is 15.4 Å². The van der Waals surface area contributed by atoms with Crippen molar-refractivity contribution in [2.45, 2.75) is 39.0 Å². The molecule has 1 heterocycles. The number of aryl methyl sites for hydroxylation is 1. The monoisotopic (exact) mass is 365 g/mol. The molecule has 1 aromatic heterocycles. The number of aromatic nitrogens is 1. The molecule has 0 spiro atoms. The van der Waals surface area contributed by atoms with Crippen molar-refractivity contribution in [1.82, 2.24) is 10.3 Å². The van der Waals surface area contributed by atoms with Crippen molar-refractivity contribution in [3.05, 3.63) is 59.4 Å². The number of hydrogen-bond acceptors (Lipinski definition) is 4. The van der Waals surface area contributed by atoms with E-state index in [-0.39, 0.29) is 5.91 Å². The van der Waals surface area contributed by atoms with Gasteiger partial charge in [-0.15, -0.1) is 0 Å². The predicted molar refractivity (Wildman–Crippen MR) is 109 cm³/mol. The first kappa shape index (κ1) is 19.0. The molecule has 2 N–H and O–H groups in total. The Bertz CT molecular complexity index is 830. The second kappa shape index (κ2) is 9.21. The van der Waals surface area contributed by atoms with E-state index in [1.54, 1.807) is 19.5 Å². The number of rotatable bonds is 7. The molecule has 1 aliphatic carbocycles. The molecule has 0 bridgehead atoms. The number of hydrogen-bond donors (Lipinski definition) is 2. The molecule has 5 heteroatoms. The zero-order valence-electron chi connectivity index (χ0n) is 16.0. The minimum absolute atomic E-state index is 0.0984. The van der Waals surface area contributed by atoms with E-state index in [0.717, 1.165) is 35.5 Å². The van der Waals surface area contributed by atoms with Gasteiger partial charge in [-0.05, 0) is 62.8 Å². The number of methoxy groups -OCH3 is 1. The van der Waals surface area contributed by atoms with Crippen LogP contribution in [0.3, 0.4) is 0 Å². The van der Waals surface area contributed by atoms with Gasteiger partial charge in [-0.25, -0.2) is 0 Å². The zero-order chi connectivity index (χ0) is 19.1. The van der Waals surface area contributed by atoms with Gasteiger partial charge in [-0.3, -0.25) is 9.78 Å². The lowest BCUT2D eigenvalue weighted by molar-refractivity contribution is 0.0953. The molecule has 0 atom stereocenters. The molecule has 27 heavy (non-hydrogen) atoms. The molecule has 0 fully saturated rings. The van der Waals surface area contributed by atoms with E-state index in [9.17, 15) is 4.79 Å². The molecule has 0 saturated carbocycles. The number of carbonyl (C=O) groups excluding carboxylic acids is 1. The van der Waals surface area contributed by atoms with E-state index in [2.05, 4.69) is 21.7 Å². The summed E-state index contributed by atoms with van der Waals surface area (Å²) in [5.74, 6) is 0.648. The Morgan fingerprint density at radius 3 is 2.89 bits per heavy atom. The van der Waals surface area contributed by atoms with Crippen LogP contribution in [-0.4, -0.2) is 24.5 Å². The van der Waals surface area contributed by atoms with Crippen LogP contribution in [0.25, 0.3) is 0 Å². The van der Waals surface area contributed by atoms with Crippen LogP contribution in [0.15, 0.2) is 48.3 Å². The molecule has 142 valence electrons. The fourth-order valence-electron chi connectivity index (χ4n) is 3.28. The predicted octanol–water partition coefficient (Wildman–Crippen LogP) is 4.76. The minimum Gasteiger partial charge on any atom is -0.495 e. The van der Waals surface area contributed by atoms with Crippen molar-refractivity contribution < 1.29 is 9.53 Å². The Hall–Kier alpha value is -2.82. The highest BCUT2D eigenvalue weighted by atomic mass is 16.5. The summed E-state index contributed by atoms with van der Waals surface area (Å²) in [6.07, 6.45) is 11.4. The van der Waals surface area contributed by atoms with E-state index in [1.165, 1.54) is 24.8 Å². The van der Waals surface area contributed by atoms with Crippen LogP contribution in [-0.2, 0) is 0 Å². The first-order chi connectivity index (χ1) is 13.2. The molecule has 3 rings (SSSR count). The number of ether oxygens (including phenoxy) is 1. The van der Waals surface area contributed by atoms with E-state index in [4.69, 9.17) is 4.74 Å². The smallest absolute Gasteiger partial charge is 0.252 e. The first-order valence-corrected chi connectivity index (χ1v) is 9.48. The van der Waals surface area contributed by atoms with Crippen molar-refractivity contribution in [2.24, 2.45) is 0 Å². The Kier molecular flexibility index (Phi) is 6.47.